The van der Waals surface area contributed by atoms with Gasteiger partial charge in [-0.25, -0.2) is 0 Å². The van der Waals surface area contributed by atoms with E-state index in [-0.39, 0.29) is 12.8 Å². The average Bonchev–Trinajstić information content (AvgIpc) is 2.30. The molecule has 0 bridgehead atoms. The highest BCUT2D eigenvalue weighted by Gasteiger charge is 2.41. The maximum absolute atomic E-state index is 12.1. The minimum absolute atomic E-state index is 0.210. The molecule has 0 unspecified atom stereocenters. The summed E-state index contributed by atoms with van der Waals surface area (Å²) >= 11 is 0. The topological polar surface area (TPSA) is 49.7 Å². The number of rotatable bonds is 4. The molecule has 0 aliphatic carbocycles. The largest absolute Gasteiger partial charge is 0.456 e. The van der Waals surface area contributed by atoms with Crippen molar-refractivity contribution in [1.82, 2.24) is 0 Å². The van der Waals surface area contributed by atoms with Gasteiger partial charge in [0.05, 0.1) is 0 Å². The molecule has 1 N–H and O–H groups in total. The Labute approximate surface area is 95.6 Å². The Morgan fingerprint density at radius 3 is 2.29 bits per heavy atom. The molecule has 0 aromatic heterocycles. The Morgan fingerprint density at radius 2 is 1.82 bits per heavy atom. The van der Waals surface area contributed by atoms with Crippen LogP contribution in [0, 0.1) is 0 Å². The number of carbonyl (C=O) groups excluding carboxylic acids is 1. The predicted octanol–water partition coefficient (Wildman–Crippen LogP) is 2.58. The van der Waals surface area contributed by atoms with Crippen LogP contribution in [-0.4, -0.2) is 22.9 Å². The number of Topliss-reactive ketones (excluding diaryl/α,β-unsaturated/α-hetero) is 1. The highest BCUT2D eigenvalue weighted by Crippen LogP contribution is 2.18. The minimum Gasteiger partial charge on any atom is -0.411 e. The summed E-state index contributed by atoms with van der Waals surface area (Å²) in [6, 6.07) is 8.67. The number of benzene rings is 1. The summed E-state index contributed by atoms with van der Waals surface area (Å²) < 4.78 is 36.2. The quantitative estimate of drug-likeness (QED) is 0.503. The molecule has 1 aromatic rings. The Morgan fingerprint density at radius 1 is 1.24 bits per heavy atom. The van der Waals surface area contributed by atoms with Gasteiger partial charge in [0.15, 0.2) is 0 Å². The molecule has 0 radical (unpaired) electrons. The number of hydrogen-bond donors (Lipinski definition) is 1. The first-order valence-electron chi connectivity index (χ1n) is 4.81. The summed E-state index contributed by atoms with van der Waals surface area (Å²) in [4.78, 5) is 10.8. The molecule has 0 saturated heterocycles. The third kappa shape index (κ3) is 3.90. The van der Waals surface area contributed by atoms with Crippen LogP contribution < -0.4 is 0 Å². The number of ketones is 1. The van der Waals surface area contributed by atoms with Gasteiger partial charge in [-0.2, -0.15) is 13.2 Å². The van der Waals surface area contributed by atoms with Gasteiger partial charge in [0.2, 0.25) is 0 Å². The van der Waals surface area contributed by atoms with Crippen molar-refractivity contribution in [3.05, 3.63) is 35.9 Å². The first kappa shape index (κ1) is 13.2. The lowest BCUT2D eigenvalue weighted by Gasteiger charge is -2.06. The third-order valence-electron chi connectivity index (χ3n) is 2.13. The van der Waals surface area contributed by atoms with Gasteiger partial charge in [0, 0.05) is 6.42 Å². The van der Waals surface area contributed by atoms with Crippen molar-refractivity contribution in [3.8, 4) is 0 Å². The van der Waals surface area contributed by atoms with Gasteiger partial charge in [0.25, 0.3) is 5.78 Å². The number of alkyl halides is 3. The number of hydrogen-bond acceptors (Lipinski definition) is 3. The molecule has 0 atom stereocenters. The summed E-state index contributed by atoms with van der Waals surface area (Å²) in [5, 5.41) is 10.8. The Balaban J connectivity index is 2.64. The minimum atomic E-state index is -5.00. The van der Waals surface area contributed by atoms with Crippen LogP contribution >= 0.6 is 0 Å². The maximum Gasteiger partial charge on any atom is 0.456 e. The standard InChI is InChI=1S/C11H10F3NO2/c12-11(13,14)10(16)9(15-17)7-6-8-4-2-1-3-5-8/h1-5,17H,6-7H2/b15-9-. The van der Waals surface area contributed by atoms with Crippen molar-refractivity contribution in [1.29, 1.82) is 0 Å². The van der Waals surface area contributed by atoms with E-state index in [2.05, 4.69) is 5.16 Å². The van der Waals surface area contributed by atoms with E-state index in [1.54, 1.807) is 30.3 Å². The molecule has 6 heteroatoms. The van der Waals surface area contributed by atoms with E-state index < -0.39 is 17.7 Å². The predicted molar refractivity (Wildman–Crippen MR) is 55.0 cm³/mol. The fourth-order valence-electron chi connectivity index (χ4n) is 1.28. The van der Waals surface area contributed by atoms with Crippen LogP contribution in [0.1, 0.15) is 12.0 Å². The molecule has 0 amide bonds. The van der Waals surface area contributed by atoms with E-state index in [0.717, 1.165) is 5.56 Å². The molecule has 1 aromatic carbocycles. The van der Waals surface area contributed by atoms with Crippen LogP contribution in [-0.2, 0) is 11.2 Å². The molecule has 92 valence electrons. The molecule has 0 heterocycles. The van der Waals surface area contributed by atoms with E-state index >= 15 is 0 Å². The van der Waals surface area contributed by atoms with Crippen LogP contribution in [0.4, 0.5) is 13.2 Å². The van der Waals surface area contributed by atoms with E-state index in [9.17, 15) is 18.0 Å². The van der Waals surface area contributed by atoms with Crippen LogP contribution in [0.5, 0.6) is 0 Å². The van der Waals surface area contributed by atoms with Crippen molar-refractivity contribution in [3.63, 3.8) is 0 Å². The molecule has 17 heavy (non-hydrogen) atoms. The second-order valence-electron chi connectivity index (χ2n) is 3.36. The van der Waals surface area contributed by atoms with Crippen molar-refractivity contribution in [2.24, 2.45) is 5.16 Å². The zero-order valence-electron chi connectivity index (χ0n) is 8.74. The van der Waals surface area contributed by atoms with Gasteiger partial charge in [-0.3, -0.25) is 4.79 Å². The molecule has 0 aliphatic heterocycles. The molecule has 0 fully saturated rings. The first-order chi connectivity index (χ1) is 7.95. The van der Waals surface area contributed by atoms with Crippen molar-refractivity contribution in [2.45, 2.75) is 19.0 Å². The first-order valence-corrected chi connectivity index (χ1v) is 4.81. The normalized spacial score (nSPS) is 12.5. The number of oxime groups is 1. The number of carbonyl (C=O) groups is 1. The molecule has 0 spiro atoms. The lowest BCUT2D eigenvalue weighted by molar-refractivity contribution is -0.163. The summed E-state index contributed by atoms with van der Waals surface area (Å²) in [7, 11) is 0. The molecule has 0 aliphatic rings. The fourth-order valence-corrected chi connectivity index (χ4v) is 1.28. The number of aryl methyl sites for hydroxylation is 1. The second kappa shape index (κ2) is 5.47. The van der Waals surface area contributed by atoms with E-state index in [1.807, 2.05) is 0 Å². The molecular formula is C11H10F3NO2. The lowest BCUT2D eigenvalue weighted by Crippen LogP contribution is -2.31. The van der Waals surface area contributed by atoms with Crippen LogP contribution in [0.15, 0.2) is 35.5 Å². The Kier molecular flexibility index (Phi) is 4.25. The maximum atomic E-state index is 12.1. The van der Waals surface area contributed by atoms with Gasteiger partial charge in [0.1, 0.15) is 5.71 Å². The van der Waals surface area contributed by atoms with E-state index in [1.165, 1.54) is 0 Å². The SMILES string of the molecule is O=C(/C(CCc1ccccc1)=N\O)C(F)(F)F. The lowest BCUT2D eigenvalue weighted by atomic mass is 10.0. The van der Waals surface area contributed by atoms with E-state index in [0.29, 0.717) is 0 Å². The molecule has 3 nitrogen and oxygen atoms in total. The molecule has 1 rings (SSSR count). The number of halogens is 3. The van der Waals surface area contributed by atoms with Crippen LogP contribution in [0.25, 0.3) is 0 Å². The smallest absolute Gasteiger partial charge is 0.411 e. The Bertz CT molecular complexity index is 412. The summed E-state index contributed by atoms with van der Waals surface area (Å²) in [6.07, 6.45) is -5.04. The van der Waals surface area contributed by atoms with Gasteiger partial charge in [-0.1, -0.05) is 35.5 Å². The van der Waals surface area contributed by atoms with Crippen molar-refractivity contribution >= 4 is 11.5 Å². The van der Waals surface area contributed by atoms with Crippen LogP contribution in [0.2, 0.25) is 0 Å². The fraction of sp³-hybridized carbons (Fsp3) is 0.273. The third-order valence-corrected chi connectivity index (χ3v) is 2.13. The van der Waals surface area contributed by atoms with E-state index in [4.69, 9.17) is 5.21 Å². The molecular weight excluding hydrogens is 235 g/mol. The zero-order chi connectivity index (χ0) is 12.9. The van der Waals surface area contributed by atoms with Gasteiger partial charge < -0.3 is 5.21 Å². The summed E-state index contributed by atoms with van der Waals surface area (Å²) in [5.41, 5.74) is -0.107. The van der Waals surface area contributed by atoms with Gasteiger partial charge >= 0.3 is 6.18 Å². The highest BCUT2D eigenvalue weighted by atomic mass is 19.4. The van der Waals surface area contributed by atoms with Crippen LogP contribution in [0.3, 0.4) is 0 Å². The zero-order valence-corrected chi connectivity index (χ0v) is 8.74. The summed E-state index contributed by atoms with van der Waals surface area (Å²) in [6.45, 7) is 0. The van der Waals surface area contributed by atoms with Gasteiger partial charge in [-0.15, -0.1) is 0 Å². The summed E-state index contributed by atoms with van der Waals surface area (Å²) in [5.74, 6) is -2.10. The highest BCUT2D eigenvalue weighted by molar-refractivity contribution is 6.41. The second-order valence-corrected chi connectivity index (χ2v) is 3.36. The monoisotopic (exact) mass is 245 g/mol. The van der Waals surface area contributed by atoms with Crippen molar-refractivity contribution in [2.75, 3.05) is 0 Å². The Hall–Kier alpha value is -1.85. The van der Waals surface area contributed by atoms with Crippen molar-refractivity contribution < 1.29 is 23.2 Å². The number of nitrogens with zero attached hydrogens (tertiary/aromatic N) is 1. The average molecular weight is 245 g/mol. The molecule has 0 saturated carbocycles. The van der Waals surface area contributed by atoms with Gasteiger partial charge in [-0.05, 0) is 12.0 Å².